The zero-order chi connectivity index (χ0) is 15.1. The van der Waals surface area contributed by atoms with Gasteiger partial charge < -0.3 is 10.2 Å². The molecule has 1 N–H and O–H groups in total. The maximum atomic E-state index is 12.0. The molecule has 0 unspecified atom stereocenters. The molecular formula is C16H23ClN2OS. The summed E-state index contributed by atoms with van der Waals surface area (Å²) >= 11 is 7.78. The van der Waals surface area contributed by atoms with Gasteiger partial charge in [-0.1, -0.05) is 23.7 Å². The van der Waals surface area contributed by atoms with E-state index in [1.54, 1.807) is 0 Å². The maximum absolute atomic E-state index is 12.0. The number of hydrogen-bond acceptors (Lipinski definition) is 3. The fourth-order valence-corrected chi connectivity index (χ4v) is 3.50. The van der Waals surface area contributed by atoms with Crippen molar-refractivity contribution in [2.75, 3.05) is 32.4 Å². The van der Waals surface area contributed by atoms with E-state index in [-0.39, 0.29) is 11.8 Å². The molecule has 1 aromatic carbocycles. The summed E-state index contributed by atoms with van der Waals surface area (Å²) in [6, 6.07) is 7.93. The lowest BCUT2D eigenvalue weighted by Gasteiger charge is -2.28. The van der Waals surface area contributed by atoms with E-state index in [9.17, 15) is 4.79 Å². The predicted octanol–water partition coefficient (Wildman–Crippen LogP) is 3.03. The Kier molecular flexibility index (Phi) is 6.87. The molecule has 0 radical (unpaired) electrons. The van der Waals surface area contributed by atoms with Crippen LogP contribution in [0.15, 0.2) is 24.3 Å². The Morgan fingerprint density at radius 2 is 2.19 bits per heavy atom. The van der Waals surface area contributed by atoms with Crippen molar-refractivity contribution >= 4 is 29.3 Å². The van der Waals surface area contributed by atoms with Gasteiger partial charge in [-0.25, -0.2) is 0 Å². The fourth-order valence-electron chi connectivity index (χ4n) is 2.48. The molecule has 1 aromatic rings. The summed E-state index contributed by atoms with van der Waals surface area (Å²) in [6.45, 7) is 2.81. The van der Waals surface area contributed by atoms with Gasteiger partial charge in [-0.15, -0.1) is 0 Å². The quantitative estimate of drug-likeness (QED) is 0.816. The molecule has 0 bridgehead atoms. The number of nitrogens with one attached hydrogen (secondary N) is 1. The average molecular weight is 327 g/mol. The number of rotatable bonds is 6. The maximum Gasteiger partial charge on any atom is 0.223 e. The van der Waals surface area contributed by atoms with Gasteiger partial charge in [0.25, 0.3) is 0 Å². The first-order chi connectivity index (χ1) is 10.1. The molecule has 1 heterocycles. The first-order valence-corrected chi connectivity index (χ1v) is 8.97. The highest BCUT2D eigenvalue weighted by Crippen LogP contribution is 2.17. The summed E-state index contributed by atoms with van der Waals surface area (Å²) in [4.78, 5) is 14.3. The highest BCUT2D eigenvalue weighted by atomic mass is 35.5. The van der Waals surface area contributed by atoms with Gasteiger partial charge in [0.1, 0.15) is 0 Å². The van der Waals surface area contributed by atoms with Crippen molar-refractivity contribution in [3.8, 4) is 0 Å². The van der Waals surface area contributed by atoms with E-state index in [2.05, 4.69) is 23.3 Å². The number of nitrogens with zero attached hydrogens (tertiary/aromatic N) is 1. The summed E-state index contributed by atoms with van der Waals surface area (Å²) in [6.07, 6.45) is 1.97. The third-order valence-corrected chi connectivity index (χ3v) is 5.06. The minimum atomic E-state index is 0.208. The van der Waals surface area contributed by atoms with E-state index in [1.807, 2.05) is 30.0 Å². The molecule has 1 amide bonds. The molecule has 0 atom stereocenters. The number of carbonyl (C=O) groups is 1. The van der Waals surface area contributed by atoms with Crippen molar-refractivity contribution in [1.29, 1.82) is 0 Å². The number of piperidine rings is 1. The zero-order valence-corrected chi connectivity index (χ0v) is 14.1. The molecule has 5 heteroatoms. The minimum absolute atomic E-state index is 0.208. The fraction of sp³-hybridized carbons (Fsp3) is 0.562. The van der Waals surface area contributed by atoms with Crippen LogP contribution in [0, 0.1) is 5.92 Å². The number of benzene rings is 1. The van der Waals surface area contributed by atoms with Crippen LogP contribution in [0.25, 0.3) is 0 Å². The van der Waals surface area contributed by atoms with Gasteiger partial charge in [-0.2, -0.15) is 11.8 Å². The van der Waals surface area contributed by atoms with E-state index in [1.165, 1.54) is 5.56 Å². The zero-order valence-electron chi connectivity index (χ0n) is 12.5. The monoisotopic (exact) mass is 326 g/mol. The van der Waals surface area contributed by atoms with Crippen LogP contribution in [0.4, 0.5) is 0 Å². The van der Waals surface area contributed by atoms with Crippen molar-refractivity contribution in [3.63, 3.8) is 0 Å². The Hall–Kier alpha value is -0.710. The van der Waals surface area contributed by atoms with Gasteiger partial charge in [0.2, 0.25) is 5.91 Å². The molecule has 0 aliphatic carbocycles. The van der Waals surface area contributed by atoms with Crippen LogP contribution in [0.1, 0.15) is 18.4 Å². The van der Waals surface area contributed by atoms with Gasteiger partial charge in [0.05, 0.1) is 0 Å². The van der Waals surface area contributed by atoms with Crippen molar-refractivity contribution in [1.82, 2.24) is 10.2 Å². The third-order valence-electron chi connectivity index (χ3n) is 3.79. The van der Waals surface area contributed by atoms with Crippen LogP contribution in [-0.4, -0.2) is 43.2 Å². The smallest absolute Gasteiger partial charge is 0.223 e. The molecule has 3 nitrogen and oxygen atoms in total. The van der Waals surface area contributed by atoms with Gasteiger partial charge in [0, 0.05) is 29.0 Å². The predicted molar refractivity (Wildman–Crippen MR) is 90.8 cm³/mol. The van der Waals surface area contributed by atoms with Crippen molar-refractivity contribution in [2.45, 2.75) is 18.6 Å². The molecule has 1 fully saturated rings. The standard InChI is InChI=1S/C16H23ClN2OS/c1-19-8-5-14(6-9-19)16(20)18-7-10-21-12-13-3-2-4-15(17)11-13/h2-4,11,14H,5-10,12H2,1H3,(H,18,20). The van der Waals surface area contributed by atoms with Crippen molar-refractivity contribution in [3.05, 3.63) is 34.9 Å². The number of thioether (sulfide) groups is 1. The summed E-state index contributed by atoms with van der Waals surface area (Å²) in [5.74, 6) is 2.31. The molecule has 2 rings (SSSR count). The molecule has 1 aliphatic heterocycles. The highest BCUT2D eigenvalue weighted by molar-refractivity contribution is 7.98. The van der Waals surface area contributed by atoms with Crippen LogP contribution >= 0.6 is 23.4 Å². The summed E-state index contributed by atoms with van der Waals surface area (Å²) < 4.78 is 0. The molecule has 1 saturated heterocycles. The van der Waals surface area contributed by atoms with E-state index in [0.717, 1.165) is 49.0 Å². The Morgan fingerprint density at radius 1 is 1.43 bits per heavy atom. The topological polar surface area (TPSA) is 32.3 Å². The lowest BCUT2D eigenvalue weighted by atomic mass is 9.96. The summed E-state index contributed by atoms with van der Waals surface area (Å²) in [5.41, 5.74) is 1.23. The van der Waals surface area contributed by atoms with Crippen LogP contribution in [0.2, 0.25) is 5.02 Å². The van der Waals surface area contributed by atoms with Crippen molar-refractivity contribution < 1.29 is 4.79 Å². The van der Waals surface area contributed by atoms with Crippen LogP contribution in [0.3, 0.4) is 0 Å². The lowest BCUT2D eigenvalue weighted by molar-refractivity contribution is -0.126. The second kappa shape index (κ2) is 8.66. The normalized spacial score (nSPS) is 16.9. The number of likely N-dealkylation sites (tertiary alicyclic amines) is 1. The lowest BCUT2D eigenvalue weighted by Crippen LogP contribution is -2.39. The third kappa shape index (κ3) is 5.89. The molecule has 1 aliphatic rings. The van der Waals surface area contributed by atoms with Gasteiger partial charge >= 0.3 is 0 Å². The van der Waals surface area contributed by atoms with Gasteiger partial charge in [0.15, 0.2) is 0 Å². The summed E-state index contributed by atoms with van der Waals surface area (Å²) in [7, 11) is 2.11. The molecular weight excluding hydrogens is 304 g/mol. The van der Waals surface area contributed by atoms with E-state index in [4.69, 9.17) is 11.6 Å². The molecule has 0 spiro atoms. The molecule has 116 valence electrons. The largest absolute Gasteiger partial charge is 0.355 e. The van der Waals surface area contributed by atoms with Crippen molar-refractivity contribution in [2.24, 2.45) is 5.92 Å². The Morgan fingerprint density at radius 3 is 2.90 bits per heavy atom. The summed E-state index contributed by atoms with van der Waals surface area (Å²) in [5, 5.41) is 3.84. The van der Waals surface area contributed by atoms with Gasteiger partial charge in [-0.3, -0.25) is 4.79 Å². The molecule has 21 heavy (non-hydrogen) atoms. The Balaban J connectivity index is 1.58. The Bertz CT molecular complexity index is 461. The SMILES string of the molecule is CN1CCC(C(=O)NCCSCc2cccc(Cl)c2)CC1. The van der Waals surface area contributed by atoms with E-state index in [0.29, 0.717) is 0 Å². The average Bonchev–Trinajstić information content (AvgIpc) is 2.47. The van der Waals surface area contributed by atoms with Gasteiger partial charge in [-0.05, 0) is 50.7 Å². The van der Waals surface area contributed by atoms with Crippen LogP contribution in [0.5, 0.6) is 0 Å². The molecule has 0 aromatic heterocycles. The molecule has 0 saturated carbocycles. The van der Waals surface area contributed by atoms with E-state index < -0.39 is 0 Å². The minimum Gasteiger partial charge on any atom is -0.355 e. The van der Waals surface area contributed by atoms with E-state index >= 15 is 0 Å². The number of halogens is 1. The van der Waals surface area contributed by atoms with Crippen LogP contribution in [-0.2, 0) is 10.5 Å². The number of hydrogen-bond donors (Lipinski definition) is 1. The highest BCUT2D eigenvalue weighted by Gasteiger charge is 2.22. The number of amides is 1. The second-order valence-electron chi connectivity index (χ2n) is 5.55. The second-order valence-corrected chi connectivity index (χ2v) is 7.09. The van der Waals surface area contributed by atoms with Crippen LogP contribution < -0.4 is 5.32 Å². The first-order valence-electron chi connectivity index (χ1n) is 7.43. The first kappa shape index (κ1) is 16.7. The number of carbonyl (C=O) groups excluding carboxylic acids is 1. The Labute approximate surface area is 136 Å².